The average molecular weight is 229 g/mol. The molecular formula is C14H19N3. The Bertz CT molecular complexity index is 470. The second-order valence-corrected chi connectivity index (χ2v) is 4.46. The molecule has 0 aliphatic carbocycles. The van der Waals surface area contributed by atoms with E-state index in [1.165, 1.54) is 16.8 Å². The molecular weight excluding hydrogens is 210 g/mol. The summed E-state index contributed by atoms with van der Waals surface area (Å²) in [6.45, 7) is 5.13. The van der Waals surface area contributed by atoms with Crippen LogP contribution in [0.4, 0.5) is 0 Å². The number of aryl methyl sites for hydroxylation is 2. The van der Waals surface area contributed by atoms with Crippen molar-refractivity contribution in [2.75, 3.05) is 0 Å². The fourth-order valence-corrected chi connectivity index (χ4v) is 1.81. The highest BCUT2D eigenvalue weighted by atomic mass is 15.3. The van der Waals surface area contributed by atoms with Crippen molar-refractivity contribution in [1.29, 1.82) is 0 Å². The number of benzene rings is 1. The summed E-state index contributed by atoms with van der Waals surface area (Å²) in [5.41, 5.74) is 3.81. The predicted molar refractivity (Wildman–Crippen MR) is 69.6 cm³/mol. The number of hydrogen-bond acceptors (Lipinski definition) is 2. The van der Waals surface area contributed by atoms with Crippen molar-refractivity contribution in [2.24, 2.45) is 7.05 Å². The van der Waals surface area contributed by atoms with E-state index in [-0.39, 0.29) is 0 Å². The second kappa shape index (κ2) is 5.15. The smallest absolute Gasteiger partial charge is 0.0518 e. The first-order valence-electron chi connectivity index (χ1n) is 5.93. The summed E-state index contributed by atoms with van der Waals surface area (Å²) >= 11 is 0. The summed E-state index contributed by atoms with van der Waals surface area (Å²) in [4.78, 5) is 0. The van der Waals surface area contributed by atoms with Crippen molar-refractivity contribution < 1.29 is 0 Å². The second-order valence-electron chi connectivity index (χ2n) is 4.46. The molecule has 2 rings (SSSR count). The van der Waals surface area contributed by atoms with Crippen LogP contribution in [0.3, 0.4) is 0 Å². The Labute approximate surface area is 102 Å². The van der Waals surface area contributed by atoms with Crippen LogP contribution in [0.15, 0.2) is 36.5 Å². The lowest BCUT2D eigenvalue weighted by Gasteiger charge is -2.14. The van der Waals surface area contributed by atoms with Crippen molar-refractivity contribution in [3.05, 3.63) is 53.3 Å². The number of nitrogens with zero attached hydrogens (tertiary/aromatic N) is 2. The number of hydrogen-bond donors (Lipinski definition) is 1. The van der Waals surface area contributed by atoms with Crippen molar-refractivity contribution in [1.82, 2.24) is 15.1 Å². The van der Waals surface area contributed by atoms with Crippen molar-refractivity contribution in [3.8, 4) is 0 Å². The first-order chi connectivity index (χ1) is 8.16. The average Bonchev–Trinajstić information content (AvgIpc) is 2.73. The van der Waals surface area contributed by atoms with Gasteiger partial charge in [0.1, 0.15) is 0 Å². The molecule has 0 radical (unpaired) electrons. The third-order valence-electron chi connectivity index (χ3n) is 3.09. The first kappa shape index (κ1) is 11.9. The highest BCUT2D eigenvalue weighted by Gasteiger charge is 2.05. The van der Waals surface area contributed by atoms with Crippen LogP contribution in [0, 0.1) is 6.92 Å². The molecule has 1 aromatic carbocycles. The zero-order valence-corrected chi connectivity index (χ0v) is 10.6. The van der Waals surface area contributed by atoms with Crippen LogP contribution in [0.2, 0.25) is 0 Å². The molecule has 1 atom stereocenters. The van der Waals surface area contributed by atoms with Crippen LogP contribution >= 0.6 is 0 Å². The van der Waals surface area contributed by atoms with Crippen LogP contribution < -0.4 is 5.32 Å². The van der Waals surface area contributed by atoms with E-state index in [1.54, 1.807) is 0 Å². The minimum absolute atomic E-state index is 0.352. The molecule has 0 saturated carbocycles. The van der Waals surface area contributed by atoms with Gasteiger partial charge in [-0.1, -0.05) is 29.8 Å². The monoisotopic (exact) mass is 229 g/mol. The Morgan fingerprint density at radius 2 is 1.94 bits per heavy atom. The number of aromatic nitrogens is 2. The van der Waals surface area contributed by atoms with E-state index in [0.717, 1.165) is 6.54 Å². The molecule has 3 heteroatoms. The molecule has 2 aromatic rings. The van der Waals surface area contributed by atoms with Gasteiger partial charge >= 0.3 is 0 Å². The molecule has 90 valence electrons. The lowest BCUT2D eigenvalue weighted by atomic mass is 10.1. The van der Waals surface area contributed by atoms with Gasteiger partial charge in [-0.05, 0) is 25.5 Å². The summed E-state index contributed by atoms with van der Waals surface area (Å²) in [6.07, 6.45) is 1.83. The Morgan fingerprint density at radius 3 is 2.53 bits per heavy atom. The van der Waals surface area contributed by atoms with Crippen LogP contribution in [0.1, 0.15) is 29.8 Å². The molecule has 0 bridgehead atoms. The van der Waals surface area contributed by atoms with E-state index in [2.05, 4.69) is 48.5 Å². The normalized spacial score (nSPS) is 12.6. The Morgan fingerprint density at radius 1 is 1.24 bits per heavy atom. The fraction of sp³-hybridized carbons (Fsp3) is 0.357. The van der Waals surface area contributed by atoms with E-state index >= 15 is 0 Å². The van der Waals surface area contributed by atoms with E-state index < -0.39 is 0 Å². The fourth-order valence-electron chi connectivity index (χ4n) is 1.81. The van der Waals surface area contributed by atoms with E-state index in [1.807, 2.05) is 24.0 Å². The van der Waals surface area contributed by atoms with Crippen LogP contribution in [-0.4, -0.2) is 9.78 Å². The Kier molecular flexibility index (Phi) is 3.59. The van der Waals surface area contributed by atoms with Gasteiger partial charge in [0.25, 0.3) is 0 Å². The van der Waals surface area contributed by atoms with Crippen molar-refractivity contribution >= 4 is 0 Å². The molecule has 3 nitrogen and oxygen atoms in total. The molecule has 0 spiro atoms. The van der Waals surface area contributed by atoms with E-state index in [0.29, 0.717) is 6.04 Å². The summed E-state index contributed by atoms with van der Waals surface area (Å²) in [6, 6.07) is 11.0. The molecule has 0 aliphatic rings. The SMILES string of the molecule is Cc1ccc(C(C)NCc2ccnn2C)cc1. The lowest BCUT2D eigenvalue weighted by Crippen LogP contribution is -2.19. The van der Waals surface area contributed by atoms with Gasteiger partial charge < -0.3 is 5.32 Å². The predicted octanol–water partition coefficient (Wildman–Crippen LogP) is 2.58. The molecule has 1 N–H and O–H groups in total. The Balaban J connectivity index is 1.95. The lowest BCUT2D eigenvalue weighted by molar-refractivity contribution is 0.548. The van der Waals surface area contributed by atoms with Crippen molar-refractivity contribution in [3.63, 3.8) is 0 Å². The maximum absolute atomic E-state index is 4.16. The van der Waals surface area contributed by atoms with Crippen LogP contribution in [0.5, 0.6) is 0 Å². The molecule has 17 heavy (non-hydrogen) atoms. The maximum atomic E-state index is 4.16. The zero-order valence-electron chi connectivity index (χ0n) is 10.6. The number of rotatable bonds is 4. The quantitative estimate of drug-likeness (QED) is 0.873. The molecule has 1 aromatic heterocycles. The summed E-state index contributed by atoms with van der Waals surface area (Å²) in [5.74, 6) is 0. The highest BCUT2D eigenvalue weighted by Crippen LogP contribution is 2.13. The molecule has 1 heterocycles. The molecule has 0 saturated heterocycles. The largest absolute Gasteiger partial charge is 0.305 e. The summed E-state index contributed by atoms with van der Waals surface area (Å²) < 4.78 is 1.90. The molecule has 1 unspecified atom stereocenters. The van der Waals surface area contributed by atoms with Gasteiger partial charge in [-0.3, -0.25) is 4.68 Å². The molecule has 0 amide bonds. The molecule has 0 aliphatic heterocycles. The summed E-state index contributed by atoms with van der Waals surface area (Å²) in [5, 5.41) is 7.66. The van der Waals surface area contributed by atoms with Gasteiger partial charge in [0, 0.05) is 25.8 Å². The summed E-state index contributed by atoms with van der Waals surface area (Å²) in [7, 11) is 1.97. The van der Waals surface area contributed by atoms with Crippen LogP contribution in [-0.2, 0) is 13.6 Å². The maximum Gasteiger partial charge on any atom is 0.0518 e. The van der Waals surface area contributed by atoms with Crippen LogP contribution in [0.25, 0.3) is 0 Å². The third-order valence-corrected chi connectivity index (χ3v) is 3.09. The standard InChI is InChI=1S/C14H19N3/c1-11-4-6-13(7-5-11)12(2)15-10-14-8-9-16-17(14)3/h4-9,12,15H,10H2,1-3H3. The Hall–Kier alpha value is -1.61. The van der Waals surface area contributed by atoms with Gasteiger partial charge in [-0.2, -0.15) is 5.10 Å². The molecule has 0 fully saturated rings. The van der Waals surface area contributed by atoms with E-state index in [9.17, 15) is 0 Å². The van der Waals surface area contributed by atoms with Crippen molar-refractivity contribution in [2.45, 2.75) is 26.4 Å². The van der Waals surface area contributed by atoms with Gasteiger partial charge in [-0.25, -0.2) is 0 Å². The highest BCUT2D eigenvalue weighted by molar-refractivity contribution is 5.23. The third kappa shape index (κ3) is 2.94. The topological polar surface area (TPSA) is 29.9 Å². The van der Waals surface area contributed by atoms with Gasteiger partial charge in [0.2, 0.25) is 0 Å². The number of nitrogens with one attached hydrogen (secondary N) is 1. The van der Waals surface area contributed by atoms with Gasteiger partial charge in [0.05, 0.1) is 5.69 Å². The first-order valence-corrected chi connectivity index (χ1v) is 5.93. The van der Waals surface area contributed by atoms with Gasteiger partial charge in [0.15, 0.2) is 0 Å². The zero-order chi connectivity index (χ0) is 12.3. The van der Waals surface area contributed by atoms with E-state index in [4.69, 9.17) is 0 Å². The van der Waals surface area contributed by atoms with Gasteiger partial charge in [-0.15, -0.1) is 0 Å². The minimum atomic E-state index is 0.352. The minimum Gasteiger partial charge on any atom is -0.305 e.